The second kappa shape index (κ2) is 6.62. The van der Waals surface area contributed by atoms with E-state index in [2.05, 4.69) is 10.2 Å². The maximum absolute atomic E-state index is 12.1. The second-order valence-electron chi connectivity index (χ2n) is 4.87. The molecular formula is C17H13ClN2O3. The smallest absolute Gasteiger partial charge is 0.338 e. The van der Waals surface area contributed by atoms with Gasteiger partial charge in [-0.1, -0.05) is 29.8 Å². The second-order valence-corrected chi connectivity index (χ2v) is 5.30. The molecule has 1 atom stereocenters. The van der Waals surface area contributed by atoms with Crippen LogP contribution >= 0.6 is 11.6 Å². The van der Waals surface area contributed by atoms with E-state index >= 15 is 0 Å². The number of carbonyl (C=O) groups excluding carboxylic acids is 1. The quantitative estimate of drug-likeness (QED) is 0.668. The van der Waals surface area contributed by atoms with Gasteiger partial charge >= 0.3 is 5.97 Å². The number of esters is 1. The fourth-order valence-electron chi connectivity index (χ4n) is 1.96. The van der Waals surface area contributed by atoms with Crippen LogP contribution < -0.4 is 0 Å². The van der Waals surface area contributed by atoms with Gasteiger partial charge in [-0.25, -0.2) is 4.79 Å². The number of carbonyl (C=O) groups is 1. The van der Waals surface area contributed by atoms with E-state index in [1.807, 2.05) is 30.3 Å². The van der Waals surface area contributed by atoms with Gasteiger partial charge in [-0.15, -0.1) is 10.2 Å². The van der Waals surface area contributed by atoms with Gasteiger partial charge in [-0.05, 0) is 43.3 Å². The van der Waals surface area contributed by atoms with Gasteiger partial charge in [0.05, 0.1) is 5.56 Å². The molecule has 0 N–H and O–H groups in total. The third-order valence-electron chi connectivity index (χ3n) is 3.17. The topological polar surface area (TPSA) is 65.2 Å². The van der Waals surface area contributed by atoms with E-state index in [9.17, 15) is 4.79 Å². The molecule has 116 valence electrons. The van der Waals surface area contributed by atoms with Crippen molar-refractivity contribution in [3.05, 3.63) is 71.1 Å². The molecule has 3 rings (SSSR count). The Hall–Kier alpha value is -2.66. The maximum atomic E-state index is 12.1. The van der Waals surface area contributed by atoms with Crippen LogP contribution in [0.2, 0.25) is 5.02 Å². The summed E-state index contributed by atoms with van der Waals surface area (Å²) in [6, 6.07) is 15.8. The minimum atomic E-state index is -0.650. The fourth-order valence-corrected chi connectivity index (χ4v) is 2.09. The molecule has 5 nitrogen and oxygen atoms in total. The molecule has 0 saturated heterocycles. The molecule has 0 aliphatic rings. The first-order chi connectivity index (χ1) is 11.1. The molecule has 3 aromatic rings. The van der Waals surface area contributed by atoms with E-state index in [1.54, 1.807) is 31.2 Å². The Kier molecular flexibility index (Phi) is 4.39. The Labute approximate surface area is 137 Å². The minimum absolute atomic E-state index is 0.242. The Balaban J connectivity index is 1.71. The predicted molar refractivity (Wildman–Crippen MR) is 85.0 cm³/mol. The zero-order chi connectivity index (χ0) is 16.2. The SMILES string of the molecule is C[C@@H](OC(=O)c1ccc(Cl)cc1)c1nnc(-c2ccccc2)o1. The summed E-state index contributed by atoms with van der Waals surface area (Å²) in [5.41, 5.74) is 1.21. The van der Waals surface area contributed by atoms with E-state index in [-0.39, 0.29) is 5.89 Å². The van der Waals surface area contributed by atoms with Crippen molar-refractivity contribution >= 4 is 17.6 Å². The summed E-state index contributed by atoms with van der Waals surface area (Å²) < 4.78 is 10.9. The molecule has 2 aromatic carbocycles. The number of aromatic nitrogens is 2. The zero-order valence-electron chi connectivity index (χ0n) is 12.3. The third kappa shape index (κ3) is 3.57. The molecule has 0 amide bonds. The average Bonchev–Trinajstić information content (AvgIpc) is 3.06. The molecule has 0 bridgehead atoms. The zero-order valence-corrected chi connectivity index (χ0v) is 13.0. The highest BCUT2D eigenvalue weighted by Gasteiger charge is 2.19. The van der Waals surface area contributed by atoms with Gasteiger partial charge in [0.25, 0.3) is 5.89 Å². The van der Waals surface area contributed by atoms with E-state index in [0.29, 0.717) is 16.5 Å². The van der Waals surface area contributed by atoms with E-state index < -0.39 is 12.1 Å². The molecule has 1 aromatic heterocycles. The van der Waals surface area contributed by atoms with Crippen molar-refractivity contribution in [1.82, 2.24) is 10.2 Å². The Morgan fingerprint density at radius 2 is 1.78 bits per heavy atom. The van der Waals surface area contributed by atoms with Gasteiger partial charge in [0.1, 0.15) is 0 Å². The summed E-state index contributed by atoms with van der Waals surface area (Å²) in [6.45, 7) is 1.68. The lowest BCUT2D eigenvalue weighted by atomic mass is 10.2. The Morgan fingerprint density at radius 3 is 2.48 bits per heavy atom. The first-order valence-corrected chi connectivity index (χ1v) is 7.36. The fraction of sp³-hybridized carbons (Fsp3) is 0.118. The predicted octanol–water partition coefficient (Wildman–Crippen LogP) is 4.31. The first-order valence-electron chi connectivity index (χ1n) is 6.99. The standard InChI is InChI=1S/C17H13ClN2O3/c1-11(22-17(21)13-7-9-14(18)10-8-13)15-19-20-16(23-15)12-5-3-2-4-6-12/h2-11H,1H3/t11-/m1/s1. The molecule has 0 spiro atoms. The van der Waals surface area contributed by atoms with Crippen molar-refractivity contribution in [2.75, 3.05) is 0 Å². The van der Waals surface area contributed by atoms with E-state index in [1.165, 1.54) is 0 Å². The third-order valence-corrected chi connectivity index (χ3v) is 3.42. The van der Waals surface area contributed by atoms with Crippen LogP contribution in [0.1, 0.15) is 29.3 Å². The van der Waals surface area contributed by atoms with Gasteiger partial charge < -0.3 is 9.15 Å². The van der Waals surface area contributed by atoms with Crippen LogP contribution in [0.15, 0.2) is 59.0 Å². The summed E-state index contributed by atoms with van der Waals surface area (Å²) >= 11 is 5.79. The summed E-state index contributed by atoms with van der Waals surface area (Å²) in [7, 11) is 0. The van der Waals surface area contributed by atoms with Gasteiger partial charge in [-0.2, -0.15) is 0 Å². The molecule has 0 aliphatic carbocycles. The molecule has 6 heteroatoms. The van der Waals surface area contributed by atoms with Crippen LogP contribution in [0.3, 0.4) is 0 Å². The Bertz CT molecular complexity index is 800. The number of hydrogen-bond acceptors (Lipinski definition) is 5. The summed E-state index contributed by atoms with van der Waals surface area (Å²) in [4.78, 5) is 12.1. The number of ether oxygens (including phenoxy) is 1. The Morgan fingerprint density at radius 1 is 1.09 bits per heavy atom. The molecule has 23 heavy (non-hydrogen) atoms. The summed E-state index contributed by atoms with van der Waals surface area (Å²) in [5.74, 6) is 0.148. The van der Waals surface area contributed by atoms with Crippen LogP contribution in [0.25, 0.3) is 11.5 Å². The van der Waals surface area contributed by atoms with Crippen molar-refractivity contribution < 1.29 is 13.9 Å². The minimum Gasteiger partial charge on any atom is -0.449 e. The normalized spacial score (nSPS) is 11.9. The monoisotopic (exact) mass is 328 g/mol. The van der Waals surface area contributed by atoms with Gasteiger partial charge in [0.2, 0.25) is 5.89 Å². The van der Waals surface area contributed by atoms with Gasteiger partial charge in [-0.3, -0.25) is 0 Å². The molecular weight excluding hydrogens is 316 g/mol. The number of nitrogens with zero attached hydrogens (tertiary/aromatic N) is 2. The summed E-state index contributed by atoms with van der Waals surface area (Å²) in [5, 5.41) is 8.47. The molecule has 0 unspecified atom stereocenters. The lowest BCUT2D eigenvalue weighted by Crippen LogP contribution is -2.09. The number of halogens is 1. The largest absolute Gasteiger partial charge is 0.449 e. The highest BCUT2D eigenvalue weighted by Crippen LogP contribution is 2.23. The molecule has 0 saturated carbocycles. The van der Waals surface area contributed by atoms with Crippen molar-refractivity contribution in [3.8, 4) is 11.5 Å². The lowest BCUT2D eigenvalue weighted by Gasteiger charge is -2.09. The van der Waals surface area contributed by atoms with Crippen LogP contribution in [0.4, 0.5) is 0 Å². The number of hydrogen-bond donors (Lipinski definition) is 0. The van der Waals surface area contributed by atoms with Crippen molar-refractivity contribution in [3.63, 3.8) is 0 Å². The van der Waals surface area contributed by atoms with Crippen molar-refractivity contribution in [2.45, 2.75) is 13.0 Å². The first kappa shape index (κ1) is 15.2. The van der Waals surface area contributed by atoms with Crippen LogP contribution in [-0.4, -0.2) is 16.2 Å². The van der Waals surface area contributed by atoms with E-state index in [4.69, 9.17) is 20.8 Å². The molecule has 1 heterocycles. The van der Waals surface area contributed by atoms with Crippen molar-refractivity contribution in [2.24, 2.45) is 0 Å². The average molecular weight is 329 g/mol. The molecule has 0 aliphatic heterocycles. The van der Waals surface area contributed by atoms with Crippen molar-refractivity contribution in [1.29, 1.82) is 0 Å². The number of benzene rings is 2. The molecule has 0 fully saturated rings. The number of rotatable bonds is 4. The van der Waals surface area contributed by atoms with Crippen LogP contribution in [-0.2, 0) is 4.74 Å². The highest BCUT2D eigenvalue weighted by molar-refractivity contribution is 6.30. The van der Waals surface area contributed by atoms with Gasteiger partial charge in [0.15, 0.2) is 6.10 Å². The van der Waals surface area contributed by atoms with Gasteiger partial charge in [0, 0.05) is 10.6 Å². The highest BCUT2D eigenvalue weighted by atomic mass is 35.5. The van der Waals surface area contributed by atoms with Crippen LogP contribution in [0.5, 0.6) is 0 Å². The molecule has 0 radical (unpaired) electrons. The summed E-state index contributed by atoms with van der Waals surface area (Å²) in [6.07, 6.45) is -0.650. The maximum Gasteiger partial charge on any atom is 0.338 e. The van der Waals surface area contributed by atoms with Crippen LogP contribution in [0, 0.1) is 0 Å². The lowest BCUT2D eigenvalue weighted by molar-refractivity contribution is 0.0280. The van der Waals surface area contributed by atoms with E-state index in [0.717, 1.165) is 5.56 Å².